The Morgan fingerprint density at radius 2 is 2.00 bits per heavy atom. The van der Waals surface area contributed by atoms with E-state index in [0.717, 1.165) is 42.2 Å². The number of pyridine rings is 1. The number of hydrogen-bond acceptors (Lipinski definition) is 4. The van der Waals surface area contributed by atoms with E-state index in [-0.39, 0.29) is 0 Å². The predicted molar refractivity (Wildman–Crippen MR) is 103 cm³/mol. The van der Waals surface area contributed by atoms with Crippen LogP contribution in [0, 0.1) is 6.92 Å². The van der Waals surface area contributed by atoms with Crippen LogP contribution in [0.25, 0.3) is 5.65 Å². The fourth-order valence-electron chi connectivity index (χ4n) is 2.82. The molecule has 0 fully saturated rings. The molecule has 0 aliphatic heterocycles. The molecule has 3 rings (SSSR count). The fourth-order valence-corrected chi connectivity index (χ4v) is 2.82. The van der Waals surface area contributed by atoms with Gasteiger partial charge in [0.2, 0.25) is 0 Å². The number of imidazole rings is 1. The third kappa shape index (κ3) is 4.84. The molecule has 1 aromatic carbocycles. The van der Waals surface area contributed by atoms with Crippen LogP contribution in [-0.2, 0) is 17.9 Å². The number of methoxy groups -OCH3 is 1. The Morgan fingerprint density at radius 1 is 1.19 bits per heavy atom. The predicted octanol–water partition coefficient (Wildman–Crippen LogP) is 3.74. The lowest BCUT2D eigenvalue weighted by atomic mass is 10.2. The molecule has 5 heteroatoms. The van der Waals surface area contributed by atoms with Crippen LogP contribution in [0.2, 0.25) is 0 Å². The van der Waals surface area contributed by atoms with E-state index in [1.54, 1.807) is 7.11 Å². The van der Waals surface area contributed by atoms with Crippen molar-refractivity contribution >= 4 is 5.65 Å². The molecule has 0 radical (unpaired) electrons. The molecule has 1 N–H and O–H groups in total. The van der Waals surface area contributed by atoms with Crippen molar-refractivity contribution in [1.82, 2.24) is 14.7 Å². The number of ether oxygens (including phenoxy) is 2. The summed E-state index contributed by atoms with van der Waals surface area (Å²) < 4.78 is 13.0. The van der Waals surface area contributed by atoms with Gasteiger partial charge in [-0.1, -0.05) is 18.2 Å². The molecule has 5 nitrogen and oxygen atoms in total. The number of aromatic nitrogens is 2. The maximum atomic E-state index is 5.88. The second kappa shape index (κ2) is 8.83. The number of rotatable bonds is 9. The Kier molecular flexibility index (Phi) is 6.26. The maximum Gasteiger partial charge on any atom is 0.140 e. The van der Waals surface area contributed by atoms with Crippen molar-refractivity contribution in [2.45, 2.75) is 39.5 Å². The lowest BCUT2D eigenvalue weighted by Gasteiger charge is -2.13. The quantitative estimate of drug-likeness (QED) is 0.637. The van der Waals surface area contributed by atoms with E-state index in [9.17, 15) is 0 Å². The van der Waals surface area contributed by atoms with Gasteiger partial charge in [-0.15, -0.1) is 0 Å². The average Bonchev–Trinajstić information content (AvgIpc) is 3.08. The minimum absolute atomic E-state index is 0.435. The van der Waals surface area contributed by atoms with Gasteiger partial charge < -0.3 is 19.2 Å². The summed E-state index contributed by atoms with van der Waals surface area (Å²) in [5, 5.41) is 3.50. The number of nitrogens with one attached hydrogen (secondary N) is 1. The van der Waals surface area contributed by atoms with E-state index >= 15 is 0 Å². The lowest BCUT2D eigenvalue weighted by Crippen LogP contribution is -2.26. The fraction of sp³-hybridized carbons (Fsp3) is 0.381. The van der Waals surface area contributed by atoms with E-state index < -0.39 is 0 Å². The average molecular weight is 353 g/mol. The summed E-state index contributed by atoms with van der Waals surface area (Å²) in [6, 6.07) is 12.7. The molecule has 2 aromatic heterocycles. The Hall–Kier alpha value is -2.37. The van der Waals surface area contributed by atoms with Crippen molar-refractivity contribution in [3.8, 4) is 5.75 Å². The van der Waals surface area contributed by atoms with Crippen molar-refractivity contribution in [3.63, 3.8) is 0 Å². The number of fused-ring (bicyclic) bond motifs is 1. The second-order valence-electron chi connectivity index (χ2n) is 6.65. The van der Waals surface area contributed by atoms with Crippen LogP contribution in [0.3, 0.4) is 0 Å². The summed E-state index contributed by atoms with van der Waals surface area (Å²) in [5.74, 6) is 0.856. The summed E-state index contributed by atoms with van der Waals surface area (Å²) in [5.41, 5.74) is 4.31. The van der Waals surface area contributed by atoms with E-state index in [4.69, 9.17) is 9.47 Å². The van der Waals surface area contributed by atoms with Crippen molar-refractivity contribution in [3.05, 3.63) is 65.6 Å². The van der Waals surface area contributed by atoms with Crippen molar-refractivity contribution in [2.75, 3.05) is 13.7 Å². The highest BCUT2D eigenvalue weighted by Crippen LogP contribution is 2.15. The second-order valence-corrected chi connectivity index (χ2v) is 6.65. The Bertz CT molecular complexity index is 827. The molecule has 0 aliphatic rings. The van der Waals surface area contributed by atoms with Gasteiger partial charge in [0.1, 0.15) is 18.0 Å². The Labute approximate surface area is 155 Å². The molecule has 0 aliphatic carbocycles. The summed E-state index contributed by atoms with van der Waals surface area (Å²) in [4.78, 5) is 4.64. The van der Waals surface area contributed by atoms with Crippen LogP contribution in [-0.4, -0.2) is 29.1 Å². The first-order chi connectivity index (χ1) is 12.7. The summed E-state index contributed by atoms with van der Waals surface area (Å²) >= 11 is 0. The SMILES string of the molecule is COCCC(C)NCc1ccc(OCc2cn3cccc(C)c3n2)cc1. The van der Waals surface area contributed by atoms with Gasteiger partial charge in [0.05, 0.1) is 5.69 Å². The van der Waals surface area contributed by atoms with E-state index in [1.165, 1.54) is 5.56 Å². The van der Waals surface area contributed by atoms with Gasteiger partial charge >= 0.3 is 0 Å². The van der Waals surface area contributed by atoms with Gasteiger partial charge in [-0.25, -0.2) is 4.98 Å². The van der Waals surface area contributed by atoms with Gasteiger partial charge in [-0.3, -0.25) is 0 Å². The molecule has 1 atom stereocenters. The number of benzene rings is 1. The molecule has 26 heavy (non-hydrogen) atoms. The highest BCUT2D eigenvalue weighted by Gasteiger charge is 2.05. The number of hydrogen-bond donors (Lipinski definition) is 1. The lowest BCUT2D eigenvalue weighted by molar-refractivity contribution is 0.184. The van der Waals surface area contributed by atoms with Crippen LogP contribution >= 0.6 is 0 Å². The van der Waals surface area contributed by atoms with E-state index in [1.807, 2.05) is 35.0 Å². The molecule has 0 saturated heterocycles. The number of nitrogens with zero attached hydrogens (tertiary/aromatic N) is 2. The molecule has 1 unspecified atom stereocenters. The smallest absolute Gasteiger partial charge is 0.140 e. The first-order valence-electron chi connectivity index (χ1n) is 9.03. The Balaban J connectivity index is 1.51. The molecular formula is C21H27N3O2. The third-order valence-electron chi connectivity index (χ3n) is 4.45. The van der Waals surface area contributed by atoms with Crippen LogP contribution < -0.4 is 10.1 Å². The summed E-state index contributed by atoms with van der Waals surface area (Å²) in [7, 11) is 1.74. The van der Waals surface area contributed by atoms with E-state index in [2.05, 4.69) is 42.3 Å². The zero-order chi connectivity index (χ0) is 18.4. The van der Waals surface area contributed by atoms with Crippen LogP contribution in [0.5, 0.6) is 5.75 Å². The van der Waals surface area contributed by atoms with Crippen LogP contribution in [0.4, 0.5) is 0 Å². The largest absolute Gasteiger partial charge is 0.487 e. The normalized spacial score (nSPS) is 12.4. The van der Waals surface area contributed by atoms with Crippen molar-refractivity contribution in [2.24, 2.45) is 0 Å². The topological polar surface area (TPSA) is 47.8 Å². The van der Waals surface area contributed by atoms with Crippen molar-refractivity contribution < 1.29 is 9.47 Å². The van der Waals surface area contributed by atoms with Gasteiger partial charge in [-0.05, 0) is 49.6 Å². The molecule has 0 saturated carbocycles. The highest BCUT2D eigenvalue weighted by atomic mass is 16.5. The third-order valence-corrected chi connectivity index (χ3v) is 4.45. The zero-order valence-electron chi connectivity index (χ0n) is 15.7. The number of aryl methyl sites for hydroxylation is 1. The van der Waals surface area contributed by atoms with Crippen LogP contribution in [0.1, 0.15) is 30.2 Å². The minimum Gasteiger partial charge on any atom is -0.487 e. The van der Waals surface area contributed by atoms with Gasteiger partial charge in [-0.2, -0.15) is 0 Å². The minimum atomic E-state index is 0.435. The standard InChI is InChI=1S/C21H27N3O2/c1-16-5-4-11-24-14-19(23-21(16)24)15-26-20-8-6-18(7-9-20)13-22-17(2)10-12-25-3/h4-9,11,14,17,22H,10,12-13,15H2,1-3H3. The van der Waals surface area contributed by atoms with Gasteiger partial charge in [0.25, 0.3) is 0 Å². The Morgan fingerprint density at radius 3 is 2.73 bits per heavy atom. The molecule has 138 valence electrons. The van der Waals surface area contributed by atoms with Crippen LogP contribution in [0.15, 0.2) is 48.8 Å². The molecule has 0 amide bonds. The van der Waals surface area contributed by atoms with Gasteiger partial charge in [0, 0.05) is 38.7 Å². The molecule has 3 aromatic rings. The first kappa shape index (κ1) is 18.4. The molecule has 0 bridgehead atoms. The molecular weight excluding hydrogens is 326 g/mol. The highest BCUT2D eigenvalue weighted by molar-refractivity contribution is 5.47. The first-order valence-corrected chi connectivity index (χ1v) is 9.03. The zero-order valence-corrected chi connectivity index (χ0v) is 15.7. The molecule has 2 heterocycles. The summed E-state index contributed by atoms with van der Waals surface area (Å²) in [6.45, 7) is 6.33. The monoisotopic (exact) mass is 353 g/mol. The maximum absolute atomic E-state index is 5.88. The van der Waals surface area contributed by atoms with Gasteiger partial charge in [0.15, 0.2) is 0 Å². The van der Waals surface area contributed by atoms with Crippen molar-refractivity contribution in [1.29, 1.82) is 0 Å². The van der Waals surface area contributed by atoms with E-state index in [0.29, 0.717) is 12.6 Å². The molecule has 0 spiro atoms. The summed E-state index contributed by atoms with van der Waals surface area (Å²) in [6.07, 6.45) is 5.03.